The minimum Gasteiger partial charge on any atom is -0.494 e. The quantitative estimate of drug-likeness (QED) is 0.911. The van der Waals surface area contributed by atoms with Gasteiger partial charge in [-0.15, -0.1) is 0 Å². The fourth-order valence-electron chi connectivity index (χ4n) is 2.19. The lowest BCUT2D eigenvalue weighted by Crippen LogP contribution is -2.26. The highest BCUT2D eigenvalue weighted by Gasteiger charge is 2.12. The second-order valence-electron chi connectivity index (χ2n) is 4.73. The Bertz CT molecular complexity index is 586. The summed E-state index contributed by atoms with van der Waals surface area (Å²) < 4.78 is 32.0. The van der Waals surface area contributed by atoms with Gasteiger partial charge < -0.3 is 10.5 Å². The topological polar surface area (TPSA) is 35.2 Å². The van der Waals surface area contributed by atoms with Crippen LogP contribution in [0.25, 0.3) is 0 Å². The zero-order chi connectivity index (χ0) is 14.5. The molecule has 2 rings (SSSR count). The highest BCUT2D eigenvalue weighted by atomic mass is 19.1. The van der Waals surface area contributed by atoms with E-state index in [1.807, 2.05) is 6.07 Å². The third kappa shape index (κ3) is 3.54. The normalized spacial score (nSPS) is 12.2. The van der Waals surface area contributed by atoms with Crippen molar-refractivity contribution in [3.05, 3.63) is 65.2 Å². The van der Waals surface area contributed by atoms with Crippen molar-refractivity contribution < 1.29 is 13.5 Å². The molecular formula is C16H17F2NO. The zero-order valence-electron chi connectivity index (χ0n) is 11.3. The van der Waals surface area contributed by atoms with Crippen molar-refractivity contribution in [3.8, 4) is 5.75 Å². The molecule has 2 aromatic rings. The van der Waals surface area contributed by atoms with Crippen molar-refractivity contribution >= 4 is 0 Å². The first kappa shape index (κ1) is 14.5. The van der Waals surface area contributed by atoms with Crippen molar-refractivity contribution in [1.82, 2.24) is 0 Å². The lowest BCUT2D eigenvalue weighted by molar-refractivity contribution is 0.383. The van der Waals surface area contributed by atoms with Crippen molar-refractivity contribution in [1.29, 1.82) is 0 Å². The maximum absolute atomic E-state index is 14.0. The molecule has 2 aromatic carbocycles. The molecule has 0 spiro atoms. The van der Waals surface area contributed by atoms with E-state index in [4.69, 9.17) is 10.5 Å². The molecule has 20 heavy (non-hydrogen) atoms. The van der Waals surface area contributed by atoms with E-state index in [9.17, 15) is 8.78 Å². The Labute approximate surface area is 117 Å². The Morgan fingerprint density at radius 2 is 1.85 bits per heavy atom. The fraction of sp³-hybridized carbons (Fsp3) is 0.250. The summed E-state index contributed by atoms with van der Waals surface area (Å²) in [5, 5.41) is 0. The number of rotatable bonds is 5. The lowest BCUT2D eigenvalue weighted by Gasteiger charge is -2.13. The van der Waals surface area contributed by atoms with E-state index in [0.29, 0.717) is 18.4 Å². The smallest absolute Gasteiger partial charge is 0.168 e. The van der Waals surface area contributed by atoms with Crippen LogP contribution in [-0.2, 0) is 12.8 Å². The Hall–Kier alpha value is -1.94. The summed E-state index contributed by atoms with van der Waals surface area (Å²) >= 11 is 0. The average Bonchev–Trinajstić information content (AvgIpc) is 2.41. The van der Waals surface area contributed by atoms with Crippen LogP contribution >= 0.6 is 0 Å². The van der Waals surface area contributed by atoms with Gasteiger partial charge in [0.05, 0.1) is 7.11 Å². The van der Waals surface area contributed by atoms with Crippen LogP contribution in [0, 0.1) is 11.6 Å². The largest absolute Gasteiger partial charge is 0.494 e. The molecule has 0 aliphatic heterocycles. The van der Waals surface area contributed by atoms with Crippen molar-refractivity contribution in [2.24, 2.45) is 5.73 Å². The third-order valence-electron chi connectivity index (χ3n) is 3.13. The second-order valence-corrected chi connectivity index (χ2v) is 4.73. The Kier molecular flexibility index (Phi) is 4.69. The number of halogens is 2. The van der Waals surface area contributed by atoms with Crippen LogP contribution in [0.1, 0.15) is 11.1 Å². The molecule has 106 valence electrons. The molecule has 0 aliphatic carbocycles. The standard InChI is InChI=1S/C16H17F2NO/c1-20-15-7-3-5-12(16(15)18)10-14(19)9-11-4-2-6-13(17)8-11/h2-8,14H,9-10,19H2,1H3. The molecule has 0 aromatic heterocycles. The van der Waals surface area contributed by atoms with E-state index in [1.54, 1.807) is 24.3 Å². The van der Waals surface area contributed by atoms with Crippen LogP contribution in [0.5, 0.6) is 5.75 Å². The molecule has 2 nitrogen and oxygen atoms in total. The van der Waals surface area contributed by atoms with Gasteiger partial charge in [-0.1, -0.05) is 24.3 Å². The first-order chi connectivity index (χ1) is 9.60. The van der Waals surface area contributed by atoms with Crippen LogP contribution < -0.4 is 10.5 Å². The maximum Gasteiger partial charge on any atom is 0.168 e. The van der Waals surface area contributed by atoms with Crippen LogP contribution in [0.4, 0.5) is 8.78 Å². The first-order valence-electron chi connectivity index (χ1n) is 6.41. The number of hydrogen-bond acceptors (Lipinski definition) is 2. The lowest BCUT2D eigenvalue weighted by atomic mass is 9.99. The highest BCUT2D eigenvalue weighted by molar-refractivity contribution is 5.31. The van der Waals surface area contributed by atoms with Crippen LogP contribution in [0.15, 0.2) is 42.5 Å². The molecular weight excluding hydrogens is 260 g/mol. The van der Waals surface area contributed by atoms with E-state index in [2.05, 4.69) is 0 Å². The minimum atomic E-state index is -0.385. The molecule has 2 N–H and O–H groups in total. The van der Waals surface area contributed by atoms with Crippen LogP contribution in [0.3, 0.4) is 0 Å². The van der Waals surface area contributed by atoms with Gasteiger partial charge in [-0.2, -0.15) is 0 Å². The summed E-state index contributed by atoms with van der Waals surface area (Å²) in [5.74, 6) is -0.465. The summed E-state index contributed by atoms with van der Waals surface area (Å²) in [6.45, 7) is 0. The SMILES string of the molecule is COc1cccc(CC(N)Cc2cccc(F)c2)c1F. The number of methoxy groups -OCH3 is 1. The van der Waals surface area contributed by atoms with Crippen molar-refractivity contribution in [2.75, 3.05) is 7.11 Å². The molecule has 0 saturated carbocycles. The molecule has 4 heteroatoms. The minimum absolute atomic E-state index is 0.209. The van der Waals surface area contributed by atoms with Crippen molar-refractivity contribution in [3.63, 3.8) is 0 Å². The molecule has 0 fully saturated rings. The average molecular weight is 277 g/mol. The number of nitrogens with two attached hydrogens (primary N) is 1. The van der Waals surface area contributed by atoms with Gasteiger partial charge in [0.15, 0.2) is 11.6 Å². The van der Waals surface area contributed by atoms with Crippen LogP contribution in [0.2, 0.25) is 0 Å². The number of hydrogen-bond donors (Lipinski definition) is 1. The monoisotopic (exact) mass is 277 g/mol. The predicted molar refractivity (Wildman–Crippen MR) is 74.7 cm³/mol. The first-order valence-corrected chi connectivity index (χ1v) is 6.41. The summed E-state index contributed by atoms with van der Waals surface area (Å²) in [6.07, 6.45) is 0.869. The second kappa shape index (κ2) is 6.48. The molecule has 1 unspecified atom stereocenters. The van der Waals surface area contributed by atoms with Gasteiger partial charge in [0.2, 0.25) is 0 Å². The van der Waals surface area contributed by atoms with Gasteiger partial charge in [-0.3, -0.25) is 0 Å². The fourth-order valence-corrected chi connectivity index (χ4v) is 2.19. The molecule has 0 aliphatic rings. The van der Waals surface area contributed by atoms with Crippen LogP contribution in [-0.4, -0.2) is 13.2 Å². The van der Waals surface area contributed by atoms with Gasteiger partial charge >= 0.3 is 0 Å². The summed E-state index contributed by atoms with van der Waals surface area (Å²) in [4.78, 5) is 0. The molecule has 0 heterocycles. The van der Waals surface area contributed by atoms with E-state index in [1.165, 1.54) is 19.2 Å². The van der Waals surface area contributed by atoms with E-state index in [0.717, 1.165) is 5.56 Å². The molecule has 1 atom stereocenters. The van der Waals surface area contributed by atoms with Crippen molar-refractivity contribution in [2.45, 2.75) is 18.9 Å². The summed E-state index contributed by atoms with van der Waals surface area (Å²) in [7, 11) is 1.43. The number of ether oxygens (including phenoxy) is 1. The predicted octanol–water partition coefficient (Wildman–Crippen LogP) is 3.09. The Morgan fingerprint density at radius 1 is 1.10 bits per heavy atom. The van der Waals surface area contributed by atoms with Gasteiger partial charge in [0.1, 0.15) is 5.82 Å². The maximum atomic E-state index is 14.0. The van der Waals surface area contributed by atoms with E-state index >= 15 is 0 Å². The molecule has 0 bridgehead atoms. The van der Waals surface area contributed by atoms with E-state index < -0.39 is 0 Å². The summed E-state index contributed by atoms with van der Waals surface area (Å²) in [5.41, 5.74) is 7.33. The van der Waals surface area contributed by atoms with Gasteiger partial charge in [0, 0.05) is 6.04 Å². The van der Waals surface area contributed by atoms with E-state index in [-0.39, 0.29) is 23.4 Å². The zero-order valence-corrected chi connectivity index (χ0v) is 11.3. The highest BCUT2D eigenvalue weighted by Crippen LogP contribution is 2.21. The summed E-state index contributed by atoms with van der Waals surface area (Å²) in [6, 6.07) is 11.0. The van der Waals surface area contributed by atoms with Gasteiger partial charge in [0.25, 0.3) is 0 Å². The van der Waals surface area contributed by atoms with Gasteiger partial charge in [-0.25, -0.2) is 8.78 Å². The third-order valence-corrected chi connectivity index (χ3v) is 3.13. The Morgan fingerprint density at radius 3 is 2.55 bits per heavy atom. The molecule has 0 saturated heterocycles. The Balaban J connectivity index is 2.06. The number of benzene rings is 2. The molecule has 0 radical (unpaired) electrons. The molecule has 0 amide bonds. The van der Waals surface area contributed by atoms with Gasteiger partial charge in [-0.05, 0) is 42.2 Å².